The summed E-state index contributed by atoms with van der Waals surface area (Å²) in [5.41, 5.74) is 0.431. The molecule has 1 aliphatic rings. The second-order valence-electron chi connectivity index (χ2n) is 8.12. The second kappa shape index (κ2) is 11.3. The smallest absolute Gasteiger partial charge is 0.259 e. The highest BCUT2D eigenvalue weighted by Crippen LogP contribution is 2.18. The maximum absolute atomic E-state index is 13.2. The Kier molecular flexibility index (Phi) is 8.47. The maximum atomic E-state index is 13.2. The molecule has 0 spiro atoms. The summed E-state index contributed by atoms with van der Waals surface area (Å²) in [5, 5.41) is 3.43. The van der Waals surface area contributed by atoms with Gasteiger partial charge in [-0.1, -0.05) is 23.7 Å². The number of ether oxygens (including phenoxy) is 1. The number of rotatable bonds is 8. The van der Waals surface area contributed by atoms with Gasteiger partial charge < -0.3 is 19.5 Å². The van der Waals surface area contributed by atoms with Crippen LogP contribution in [-0.2, 0) is 17.7 Å². The molecule has 0 saturated carbocycles. The van der Waals surface area contributed by atoms with Crippen LogP contribution in [0.5, 0.6) is 0 Å². The van der Waals surface area contributed by atoms with Crippen molar-refractivity contribution >= 4 is 23.4 Å². The lowest BCUT2D eigenvalue weighted by molar-refractivity contribution is 0.0633. The minimum absolute atomic E-state index is 0.0253. The van der Waals surface area contributed by atoms with Crippen molar-refractivity contribution in [2.24, 2.45) is 0 Å². The van der Waals surface area contributed by atoms with Crippen molar-refractivity contribution in [1.29, 1.82) is 0 Å². The molecule has 1 saturated heterocycles. The topological polar surface area (TPSA) is 80.6 Å². The zero-order valence-corrected chi connectivity index (χ0v) is 19.4. The summed E-state index contributed by atoms with van der Waals surface area (Å²) in [7, 11) is 1.58. The van der Waals surface area contributed by atoms with Gasteiger partial charge in [-0.05, 0) is 50.3 Å². The first-order chi connectivity index (χ1) is 15.4. The molecule has 2 aromatic rings. The number of piperidine rings is 1. The molecule has 0 aliphatic carbocycles. The Bertz CT molecular complexity index is 1020. The molecule has 172 valence electrons. The highest BCUT2D eigenvalue weighted by Gasteiger charge is 2.28. The summed E-state index contributed by atoms with van der Waals surface area (Å²) >= 11 is 6.01. The first-order valence-corrected chi connectivity index (χ1v) is 11.3. The van der Waals surface area contributed by atoms with Crippen molar-refractivity contribution in [2.75, 3.05) is 26.8 Å². The van der Waals surface area contributed by atoms with E-state index in [1.54, 1.807) is 22.6 Å². The molecule has 7 nitrogen and oxygen atoms in total. The zero-order chi connectivity index (χ0) is 23.1. The maximum Gasteiger partial charge on any atom is 0.259 e. The van der Waals surface area contributed by atoms with E-state index in [1.165, 1.54) is 12.4 Å². The van der Waals surface area contributed by atoms with E-state index in [2.05, 4.69) is 5.32 Å². The number of pyridine rings is 1. The SMILES string of the molecule is COCCn1cc(C(=O)NCCc2cccc(Cl)c2)c(=O)c(C(=O)N2CCCC[C@@H]2C)c1. The molecular formula is C24H30ClN3O4. The third kappa shape index (κ3) is 5.99. The number of nitrogens with one attached hydrogen (secondary N) is 1. The molecule has 0 unspecified atom stereocenters. The van der Waals surface area contributed by atoms with Crippen molar-refractivity contribution < 1.29 is 14.3 Å². The summed E-state index contributed by atoms with van der Waals surface area (Å²) < 4.78 is 6.81. The molecule has 3 rings (SSSR count). The zero-order valence-electron chi connectivity index (χ0n) is 18.6. The molecular weight excluding hydrogens is 430 g/mol. The summed E-state index contributed by atoms with van der Waals surface area (Å²) in [6.45, 7) is 3.78. The predicted octanol–water partition coefficient (Wildman–Crippen LogP) is 3.14. The van der Waals surface area contributed by atoms with Crippen LogP contribution in [-0.4, -0.2) is 54.1 Å². The largest absolute Gasteiger partial charge is 0.383 e. The minimum Gasteiger partial charge on any atom is -0.383 e. The third-order valence-electron chi connectivity index (χ3n) is 5.76. The number of carbonyl (C=O) groups is 2. The molecule has 1 aromatic heterocycles. The molecule has 0 radical (unpaired) electrons. The monoisotopic (exact) mass is 459 g/mol. The van der Waals surface area contributed by atoms with Crippen molar-refractivity contribution in [1.82, 2.24) is 14.8 Å². The number of carbonyl (C=O) groups excluding carboxylic acids is 2. The number of benzene rings is 1. The molecule has 1 aromatic carbocycles. The first kappa shape index (κ1) is 24.0. The first-order valence-electron chi connectivity index (χ1n) is 11.0. The number of nitrogens with zero attached hydrogens (tertiary/aromatic N) is 2. The Hall–Kier alpha value is -2.64. The van der Waals surface area contributed by atoms with Gasteiger partial charge in [-0.2, -0.15) is 0 Å². The summed E-state index contributed by atoms with van der Waals surface area (Å²) in [4.78, 5) is 40.9. The van der Waals surface area contributed by atoms with Crippen LogP contribution in [0.3, 0.4) is 0 Å². The fourth-order valence-corrected chi connectivity index (χ4v) is 4.15. The number of amides is 2. The predicted molar refractivity (Wildman–Crippen MR) is 124 cm³/mol. The van der Waals surface area contributed by atoms with Gasteiger partial charge in [0, 0.05) is 50.2 Å². The van der Waals surface area contributed by atoms with Crippen molar-refractivity contribution in [3.05, 3.63) is 68.6 Å². The van der Waals surface area contributed by atoms with Gasteiger partial charge in [0.25, 0.3) is 11.8 Å². The van der Waals surface area contributed by atoms with E-state index in [9.17, 15) is 14.4 Å². The lowest BCUT2D eigenvalue weighted by atomic mass is 10.0. The normalized spacial score (nSPS) is 16.1. The minimum atomic E-state index is -0.540. The number of hydrogen-bond donors (Lipinski definition) is 1. The van der Waals surface area contributed by atoms with Crippen LogP contribution < -0.4 is 10.7 Å². The van der Waals surface area contributed by atoms with Gasteiger partial charge in [0.1, 0.15) is 11.1 Å². The van der Waals surface area contributed by atoms with E-state index in [0.29, 0.717) is 37.7 Å². The molecule has 1 N–H and O–H groups in total. The van der Waals surface area contributed by atoms with Crippen LogP contribution in [0.15, 0.2) is 41.5 Å². The van der Waals surface area contributed by atoms with Gasteiger partial charge >= 0.3 is 0 Å². The molecule has 1 fully saturated rings. The van der Waals surface area contributed by atoms with E-state index >= 15 is 0 Å². The molecule has 8 heteroatoms. The lowest BCUT2D eigenvalue weighted by Gasteiger charge is -2.33. The quantitative estimate of drug-likeness (QED) is 0.657. The molecule has 2 heterocycles. The second-order valence-corrected chi connectivity index (χ2v) is 8.56. The van der Waals surface area contributed by atoms with Gasteiger partial charge in [0.2, 0.25) is 5.43 Å². The van der Waals surface area contributed by atoms with Crippen molar-refractivity contribution in [3.63, 3.8) is 0 Å². The highest BCUT2D eigenvalue weighted by molar-refractivity contribution is 6.30. The summed E-state index contributed by atoms with van der Waals surface area (Å²) in [6, 6.07) is 7.47. The van der Waals surface area contributed by atoms with Crippen LogP contribution >= 0.6 is 11.6 Å². The van der Waals surface area contributed by atoms with Crippen LogP contribution in [0.2, 0.25) is 5.02 Å². The van der Waals surface area contributed by atoms with E-state index in [-0.39, 0.29) is 23.1 Å². The number of halogens is 1. The van der Waals surface area contributed by atoms with Gasteiger partial charge in [0.05, 0.1) is 6.61 Å². The number of aromatic nitrogens is 1. The van der Waals surface area contributed by atoms with Gasteiger partial charge in [-0.3, -0.25) is 14.4 Å². The Morgan fingerprint density at radius 2 is 2.00 bits per heavy atom. The average Bonchev–Trinajstić information content (AvgIpc) is 2.78. The lowest BCUT2D eigenvalue weighted by Crippen LogP contribution is -2.44. The molecule has 32 heavy (non-hydrogen) atoms. The molecule has 0 bridgehead atoms. The van der Waals surface area contributed by atoms with Crippen molar-refractivity contribution in [2.45, 2.75) is 45.2 Å². The molecule has 1 atom stereocenters. The van der Waals surface area contributed by atoms with Crippen LogP contribution in [0.4, 0.5) is 0 Å². The Morgan fingerprint density at radius 3 is 2.72 bits per heavy atom. The van der Waals surface area contributed by atoms with Gasteiger partial charge in [-0.15, -0.1) is 0 Å². The number of hydrogen-bond acceptors (Lipinski definition) is 4. The van der Waals surface area contributed by atoms with Crippen LogP contribution in [0.1, 0.15) is 52.5 Å². The fraction of sp³-hybridized carbons (Fsp3) is 0.458. The molecule has 2 amide bonds. The number of likely N-dealkylation sites (tertiary alicyclic amines) is 1. The van der Waals surface area contributed by atoms with E-state index in [1.807, 2.05) is 25.1 Å². The number of methoxy groups -OCH3 is 1. The van der Waals surface area contributed by atoms with E-state index in [0.717, 1.165) is 24.8 Å². The van der Waals surface area contributed by atoms with Gasteiger partial charge in [-0.25, -0.2) is 0 Å². The standard InChI is InChI=1S/C24H30ClN3O4/c1-17-6-3-4-11-28(17)24(31)21-16-27(12-13-32-2)15-20(22(21)29)23(30)26-10-9-18-7-5-8-19(25)14-18/h5,7-8,14-17H,3-4,6,9-13H2,1-2H3,(H,26,30)/t17-/m0/s1. The highest BCUT2D eigenvalue weighted by atomic mass is 35.5. The molecule has 1 aliphatic heterocycles. The fourth-order valence-electron chi connectivity index (χ4n) is 3.93. The Morgan fingerprint density at radius 1 is 1.22 bits per heavy atom. The van der Waals surface area contributed by atoms with Crippen LogP contribution in [0, 0.1) is 0 Å². The Labute approximate surface area is 193 Å². The van der Waals surface area contributed by atoms with E-state index < -0.39 is 11.3 Å². The summed E-state index contributed by atoms with van der Waals surface area (Å²) in [6.07, 6.45) is 6.50. The third-order valence-corrected chi connectivity index (χ3v) is 5.99. The van der Waals surface area contributed by atoms with Crippen molar-refractivity contribution in [3.8, 4) is 0 Å². The average molecular weight is 460 g/mol. The van der Waals surface area contributed by atoms with Crippen LogP contribution in [0.25, 0.3) is 0 Å². The summed E-state index contributed by atoms with van der Waals surface area (Å²) in [5.74, 6) is -0.813. The van der Waals surface area contributed by atoms with E-state index in [4.69, 9.17) is 16.3 Å². The van der Waals surface area contributed by atoms with Gasteiger partial charge in [0.15, 0.2) is 0 Å². The Balaban J connectivity index is 1.81.